The molecule has 7 heteroatoms. The Morgan fingerprint density at radius 2 is 2.26 bits per heavy atom. The van der Waals surface area contributed by atoms with Crippen LogP contribution in [0.4, 0.5) is 5.82 Å². The fourth-order valence-electron chi connectivity index (χ4n) is 2.53. The number of anilines is 1. The fourth-order valence-corrected chi connectivity index (χ4v) is 3.77. The van der Waals surface area contributed by atoms with Crippen molar-refractivity contribution >= 4 is 15.8 Å². The molecule has 2 atom stereocenters. The van der Waals surface area contributed by atoms with Crippen molar-refractivity contribution in [1.29, 1.82) is 0 Å². The summed E-state index contributed by atoms with van der Waals surface area (Å²) >= 11 is 0. The monoisotopic (exact) mass is 284 g/mol. The molecule has 1 aliphatic carbocycles. The highest BCUT2D eigenvalue weighted by molar-refractivity contribution is 7.89. The highest BCUT2D eigenvalue weighted by atomic mass is 32.2. The summed E-state index contributed by atoms with van der Waals surface area (Å²) in [5, 5.41) is 0. The van der Waals surface area contributed by atoms with Crippen LogP contribution in [0.2, 0.25) is 0 Å². The predicted molar refractivity (Wildman–Crippen MR) is 73.7 cm³/mol. The number of hydrazine groups is 1. The van der Waals surface area contributed by atoms with Crippen LogP contribution in [0.25, 0.3) is 0 Å². The highest BCUT2D eigenvalue weighted by Crippen LogP contribution is 2.30. The van der Waals surface area contributed by atoms with E-state index in [1.165, 1.54) is 18.7 Å². The molecule has 4 N–H and O–H groups in total. The van der Waals surface area contributed by atoms with Crippen LogP contribution in [0.1, 0.15) is 26.2 Å². The van der Waals surface area contributed by atoms with Gasteiger partial charge in [0.1, 0.15) is 4.90 Å². The average Bonchev–Trinajstić information content (AvgIpc) is 2.82. The summed E-state index contributed by atoms with van der Waals surface area (Å²) in [6, 6.07) is 3.06. The minimum atomic E-state index is -3.56. The van der Waals surface area contributed by atoms with Crippen LogP contribution < -0.4 is 16.0 Å². The lowest BCUT2D eigenvalue weighted by atomic mass is 10.1. The average molecular weight is 284 g/mol. The first-order valence-corrected chi connectivity index (χ1v) is 7.92. The Bertz CT molecular complexity index is 532. The molecule has 0 saturated heterocycles. The van der Waals surface area contributed by atoms with Gasteiger partial charge in [-0.05, 0) is 36.8 Å². The van der Waals surface area contributed by atoms with Crippen molar-refractivity contribution in [3.05, 3.63) is 18.3 Å². The summed E-state index contributed by atoms with van der Waals surface area (Å²) < 4.78 is 27.1. The molecule has 0 radical (unpaired) electrons. The SMILES string of the molecule is CC1CCC(CNS(=O)(=O)c2cccnc2NN)C1. The molecule has 19 heavy (non-hydrogen) atoms. The highest BCUT2D eigenvalue weighted by Gasteiger charge is 2.24. The zero-order chi connectivity index (χ0) is 13.9. The molecule has 2 unspecified atom stereocenters. The lowest BCUT2D eigenvalue weighted by molar-refractivity contribution is 0.498. The summed E-state index contributed by atoms with van der Waals surface area (Å²) in [5.41, 5.74) is 2.31. The molecule has 0 amide bonds. The normalized spacial score (nSPS) is 23.5. The first kappa shape index (κ1) is 14.2. The van der Waals surface area contributed by atoms with Gasteiger partial charge in [0.15, 0.2) is 5.82 Å². The Hall–Kier alpha value is -1.18. The van der Waals surface area contributed by atoms with Gasteiger partial charge in [-0.25, -0.2) is 24.0 Å². The molecule has 1 saturated carbocycles. The Labute approximate surface area is 113 Å². The van der Waals surface area contributed by atoms with E-state index in [2.05, 4.69) is 22.1 Å². The van der Waals surface area contributed by atoms with E-state index in [9.17, 15) is 8.42 Å². The van der Waals surface area contributed by atoms with Crippen LogP contribution in [-0.2, 0) is 10.0 Å². The van der Waals surface area contributed by atoms with Gasteiger partial charge in [-0.15, -0.1) is 0 Å². The molecule has 0 bridgehead atoms. The predicted octanol–water partition coefficient (Wildman–Crippen LogP) is 1.08. The third-order valence-corrected chi connectivity index (χ3v) is 5.02. The number of hydrogen-bond donors (Lipinski definition) is 3. The second-order valence-electron chi connectivity index (χ2n) is 5.13. The van der Waals surface area contributed by atoms with Gasteiger partial charge < -0.3 is 5.43 Å². The van der Waals surface area contributed by atoms with Crippen molar-refractivity contribution in [2.24, 2.45) is 17.7 Å². The molecule has 1 heterocycles. The number of hydrogen-bond acceptors (Lipinski definition) is 5. The molecule has 1 aromatic rings. The molecule has 0 aliphatic heterocycles. The summed E-state index contributed by atoms with van der Waals surface area (Å²) in [6.07, 6.45) is 4.83. The van der Waals surface area contributed by atoms with Crippen molar-refractivity contribution in [3.63, 3.8) is 0 Å². The fraction of sp³-hybridized carbons (Fsp3) is 0.583. The van der Waals surface area contributed by atoms with Crippen molar-refractivity contribution in [3.8, 4) is 0 Å². The van der Waals surface area contributed by atoms with Gasteiger partial charge in [0.2, 0.25) is 10.0 Å². The number of rotatable bonds is 5. The van der Waals surface area contributed by atoms with E-state index in [4.69, 9.17) is 5.84 Å². The number of pyridine rings is 1. The molecule has 1 aliphatic rings. The van der Waals surface area contributed by atoms with Gasteiger partial charge in [-0.2, -0.15) is 0 Å². The van der Waals surface area contributed by atoms with E-state index in [1.807, 2.05) is 0 Å². The van der Waals surface area contributed by atoms with E-state index < -0.39 is 10.0 Å². The lowest BCUT2D eigenvalue weighted by Gasteiger charge is -2.13. The molecule has 0 spiro atoms. The summed E-state index contributed by atoms with van der Waals surface area (Å²) in [6.45, 7) is 2.68. The van der Waals surface area contributed by atoms with E-state index in [-0.39, 0.29) is 10.7 Å². The Morgan fingerprint density at radius 1 is 1.47 bits per heavy atom. The zero-order valence-corrected chi connectivity index (χ0v) is 11.8. The van der Waals surface area contributed by atoms with E-state index >= 15 is 0 Å². The standard InChI is InChI=1S/C12H20N4O2S/c1-9-4-5-10(7-9)8-15-19(17,18)11-3-2-6-14-12(11)16-13/h2-3,6,9-10,15H,4-5,7-8,13H2,1H3,(H,14,16). The third kappa shape index (κ3) is 3.43. The van der Waals surface area contributed by atoms with Crippen LogP contribution in [-0.4, -0.2) is 19.9 Å². The van der Waals surface area contributed by atoms with Gasteiger partial charge >= 0.3 is 0 Å². The molecular formula is C12H20N4O2S. The van der Waals surface area contributed by atoms with E-state index in [0.29, 0.717) is 18.4 Å². The van der Waals surface area contributed by atoms with Gasteiger partial charge in [0.05, 0.1) is 0 Å². The van der Waals surface area contributed by atoms with E-state index in [0.717, 1.165) is 12.8 Å². The maximum absolute atomic E-state index is 12.2. The molecule has 6 nitrogen and oxygen atoms in total. The number of aromatic nitrogens is 1. The first-order valence-electron chi connectivity index (χ1n) is 6.44. The molecule has 1 fully saturated rings. The Kier molecular flexibility index (Phi) is 4.38. The number of sulfonamides is 1. The molecular weight excluding hydrogens is 264 g/mol. The summed E-state index contributed by atoms with van der Waals surface area (Å²) in [5.74, 6) is 6.56. The molecule has 2 rings (SSSR count). The van der Waals surface area contributed by atoms with E-state index in [1.54, 1.807) is 6.07 Å². The van der Waals surface area contributed by atoms with Crippen LogP contribution >= 0.6 is 0 Å². The Balaban J connectivity index is 2.06. The first-order chi connectivity index (χ1) is 9.03. The summed E-state index contributed by atoms with van der Waals surface area (Å²) in [4.78, 5) is 3.99. The second-order valence-corrected chi connectivity index (χ2v) is 6.87. The quantitative estimate of drug-likeness (QED) is 0.555. The number of nitrogens with zero attached hydrogens (tertiary/aromatic N) is 1. The van der Waals surface area contributed by atoms with Gasteiger partial charge in [0, 0.05) is 12.7 Å². The lowest BCUT2D eigenvalue weighted by Crippen LogP contribution is -2.29. The Morgan fingerprint density at radius 3 is 2.89 bits per heavy atom. The minimum Gasteiger partial charge on any atom is -0.307 e. The zero-order valence-electron chi connectivity index (χ0n) is 11.0. The minimum absolute atomic E-state index is 0.0866. The number of nitrogens with two attached hydrogens (primary N) is 1. The van der Waals surface area contributed by atoms with Gasteiger partial charge in [0.25, 0.3) is 0 Å². The third-order valence-electron chi connectivity index (χ3n) is 3.56. The second kappa shape index (κ2) is 5.85. The maximum Gasteiger partial charge on any atom is 0.244 e. The summed E-state index contributed by atoms with van der Waals surface area (Å²) in [7, 11) is -3.56. The van der Waals surface area contributed by atoms with Crippen molar-refractivity contribution in [1.82, 2.24) is 9.71 Å². The maximum atomic E-state index is 12.2. The largest absolute Gasteiger partial charge is 0.307 e. The molecule has 1 aromatic heterocycles. The van der Waals surface area contributed by atoms with Crippen LogP contribution in [0.3, 0.4) is 0 Å². The van der Waals surface area contributed by atoms with Crippen LogP contribution in [0, 0.1) is 11.8 Å². The van der Waals surface area contributed by atoms with Gasteiger partial charge in [-0.3, -0.25) is 0 Å². The topological polar surface area (TPSA) is 97.1 Å². The van der Waals surface area contributed by atoms with Gasteiger partial charge in [-0.1, -0.05) is 13.3 Å². The van der Waals surface area contributed by atoms with Crippen molar-refractivity contribution in [2.45, 2.75) is 31.1 Å². The van der Waals surface area contributed by atoms with Crippen LogP contribution in [0.15, 0.2) is 23.2 Å². The van der Waals surface area contributed by atoms with Crippen molar-refractivity contribution < 1.29 is 8.42 Å². The van der Waals surface area contributed by atoms with Crippen LogP contribution in [0.5, 0.6) is 0 Å². The van der Waals surface area contributed by atoms with Crippen molar-refractivity contribution in [2.75, 3.05) is 12.0 Å². The molecule has 0 aromatic carbocycles. The number of nitrogen functional groups attached to an aromatic ring is 1. The number of nitrogens with one attached hydrogen (secondary N) is 2. The molecule has 106 valence electrons. The smallest absolute Gasteiger partial charge is 0.244 e.